The van der Waals surface area contributed by atoms with Crippen molar-refractivity contribution < 1.29 is 33.0 Å². The van der Waals surface area contributed by atoms with Crippen LogP contribution >= 0.6 is 0 Å². The lowest BCUT2D eigenvalue weighted by Crippen LogP contribution is -2.48. The lowest BCUT2D eigenvalue weighted by molar-refractivity contribution is -0.137. The highest BCUT2D eigenvalue weighted by Gasteiger charge is 2.40. The molecule has 2 amide bonds. The number of methoxy groups -OCH3 is 1. The number of morpholine rings is 1. The van der Waals surface area contributed by atoms with Gasteiger partial charge in [-0.3, -0.25) is 9.59 Å². The fourth-order valence-corrected chi connectivity index (χ4v) is 4.38. The molecule has 1 N–H and O–H groups in total. The van der Waals surface area contributed by atoms with Gasteiger partial charge < -0.3 is 24.4 Å². The number of allylic oxidation sites excluding steroid dienone is 1. The molecule has 0 atom stereocenters. The summed E-state index contributed by atoms with van der Waals surface area (Å²) in [5, 5.41) is 2.75. The molecule has 8 nitrogen and oxygen atoms in total. The number of rotatable bonds is 7. The normalized spacial score (nSPS) is 16.9. The molecule has 1 fully saturated rings. The number of esters is 1. The lowest BCUT2D eigenvalue weighted by atomic mass is 10.00. The van der Waals surface area contributed by atoms with E-state index in [1.54, 1.807) is 4.90 Å². The Morgan fingerprint density at radius 3 is 2.65 bits per heavy atom. The van der Waals surface area contributed by atoms with E-state index in [0.717, 1.165) is 11.6 Å². The molecule has 2 aliphatic rings. The van der Waals surface area contributed by atoms with Gasteiger partial charge in [0, 0.05) is 25.2 Å². The highest BCUT2D eigenvalue weighted by atomic mass is 19.1. The van der Waals surface area contributed by atoms with Crippen LogP contribution < -0.4 is 5.32 Å². The number of carbonyl (C=O) groups is 3. The summed E-state index contributed by atoms with van der Waals surface area (Å²) < 4.78 is 30.3. The van der Waals surface area contributed by atoms with Gasteiger partial charge in [-0.2, -0.15) is 0 Å². The Balaban J connectivity index is 1.64. The number of nitrogens with one attached hydrogen (secondary N) is 1. The standard InChI is InChI=1S/C28H29FN2O6/c1-28(2)23-12-11-21(25(32)30-16-19-9-10-20(29)15-22(19)27(34)35-3)24(26(33)31(23)13-14-37-28)36-17-18-7-5-4-6-8-18/h4-10,12,15H,11,13-14,16-17H2,1-3H3,(H,30,32). The van der Waals surface area contributed by atoms with Crippen molar-refractivity contribution in [1.29, 1.82) is 0 Å². The molecule has 194 valence electrons. The van der Waals surface area contributed by atoms with Crippen LogP contribution in [0, 0.1) is 5.82 Å². The van der Waals surface area contributed by atoms with E-state index in [1.807, 2.05) is 50.3 Å². The highest BCUT2D eigenvalue weighted by molar-refractivity contribution is 6.05. The first-order valence-electron chi connectivity index (χ1n) is 11.9. The summed E-state index contributed by atoms with van der Waals surface area (Å²) in [7, 11) is 1.20. The van der Waals surface area contributed by atoms with Gasteiger partial charge in [-0.1, -0.05) is 42.5 Å². The lowest BCUT2D eigenvalue weighted by Gasteiger charge is -2.40. The van der Waals surface area contributed by atoms with Crippen molar-refractivity contribution in [2.45, 2.75) is 39.0 Å². The first-order valence-corrected chi connectivity index (χ1v) is 11.9. The fourth-order valence-electron chi connectivity index (χ4n) is 4.38. The molecule has 0 spiro atoms. The Hall–Kier alpha value is -3.98. The van der Waals surface area contributed by atoms with Crippen molar-refractivity contribution >= 4 is 17.8 Å². The number of hydrogen-bond acceptors (Lipinski definition) is 6. The van der Waals surface area contributed by atoms with E-state index in [9.17, 15) is 18.8 Å². The summed E-state index contributed by atoms with van der Waals surface area (Å²) in [5.74, 6) is -2.32. The molecule has 0 unspecified atom stereocenters. The Bertz CT molecular complexity index is 1270. The fraction of sp³-hybridized carbons (Fsp3) is 0.321. The van der Waals surface area contributed by atoms with Gasteiger partial charge >= 0.3 is 5.97 Å². The molecule has 1 saturated heterocycles. The summed E-state index contributed by atoms with van der Waals surface area (Å²) >= 11 is 0. The van der Waals surface area contributed by atoms with Crippen molar-refractivity contribution in [3.8, 4) is 0 Å². The van der Waals surface area contributed by atoms with Gasteiger partial charge in [-0.25, -0.2) is 9.18 Å². The second kappa shape index (κ2) is 11.0. The van der Waals surface area contributed by atoms with Crippen LogP contribution in [0.2, 0.25) is 0 Å². The third-order valence-corrected chi connectivity index (χ3v) is 6.32. The molecule has 37 heavy (non-hydrogen) atoms. The molecule has 0 aliphatic carbocycles. The van der Waals surface area contributed by atoms with E-state index in [1.165, 1.54) is 19.2 Å². The molecule has 4 rings (SSSR count). The number of amides is 2. The van der Waals surface area contributed by atoms with Crippen molar-refractivity contribution in [2.75, 3.05) is 20.3 Å². The van der Waals surface area contributed by atoms with Gasteiger partial charge in [0.2, 0.25) is 0 Å². The maximum absolute atomic E-state index is 13.7. The van der Waals surface area contributed by atoms with Crippen molar-refractivity contribution in [3.63, 3.8) is 0 Å². The third kappa shape index (κ3) is 5.72. The predicted octanol–water partition coefficient (Wildman–Crippen LogP) is 3.62. The maximum atomic E-state index is 13.7. The first kappa shape index (κ1) is 26.1. The zero-order valence-electron chi connectivity index (χ0n) is 21.0. The molecule has 2 heterocycles. The van der Waals surface area contributed by atoms with E-state index in [2.05, 4.69) is 5.32 Å². The zero-order chi connectivity index (χ0) is 26.6. The molecule has 0 aromatic heterocycles. The molecule has 9 heteroatoms. The SMILES string of the molecule is COC(=O)c1cc(F)ccc1CNC(=O)C1=C(OCc2ccccc2)C(=O)N2CCOC(C)(C)C2=CC1. The van der Waals surface area contributed by atoms with E-state index < -0.39 is 29.2 Å². The number of benzene rings is 2. The Labute approximate surface area is 214 Å². The number of fused-ring (bicyclic) bond motifs is 1. The van der Waals surface area contributed by atoms with Crippen LogP contribution in [0.15, 0.2) is 71.6 Å². The summed E-state index contributed by atoms with van der Waals surface area (Å²) in [4.78, 5) is 40.8. The van der Waals surface area contributed by atoms with Crippen molar-refractivity contribution in [1.82, 2.24) is 10.2 Å². The first-order chi connectivity index (χ1) is 17.7. The largest absolute Gasteiger partial charge is 0.483 e. The van der Waals surface area contributed by atoms with Crippen LogP contribution in [0.3, 0.4) is 0 Å². The van der Waals surface area contributed by atoms with Gasteiger partial charge in [-0.05, 0) is 37.1 Å². The van der Waals surface area contributed by atoms with Gasteiger partial charge in [0.25, 0.3) is 11.8 Å². The van der Waals surface area contributed by atoms with Crippen LogP contribution in [0.5, 0.6) is 0 Å². The summed E-state index contributed by atoms with van der Waals surface area (Å²) in [6.45, 7) is 4.45. The number of halogens is 1. The van der Waals surface area contributed by atoms with E-state index in [4.69, 9.17) is 14.2 Å². The second-order valence-electron chi connectivity index (χ2n) is 9.17. The molecule has 2 aliphatic heterocycles. The van der Waals surface area contributed by atoms with Crippen LogP contribution in [-0.2, 0) is 37.0 Å². The van der Waals surface area contributed by atoms with Crippen molar-refractivity contribution in [2.24, 2.45) is 0 Å². The maximum Gasteiger partial charge on any atom is 0.338 e. The monoisotopic (exact) mass is 508 g/mol. The molecule has 0 bridgehead atoms. The van der Waals surface area contributed by atoms with Crippen LogP contribution in [0.1, 0.15) is 41.8 Å². The highest BCUT2D eigenvalue weighted by Crippen LogP contribution is 2.34. The summed E-state index contributed by atoms with van der Waals surface area (Å²) in [6.07, 6.45) is 1.94. The molecule has 2 aromatic rings. The predicted molar refractivity (Wildman–Crippen MR) is 132 cm³/mol. The van der Waals surface area contributed by atoms with Gasteiger partial charge in [-0.15, -0.1) is 0 Å². The minimum atomic E-state index is -0.719. The number of nitrogens with zero attached hydrogens (tertiary/aromatic N) is 1. The average Bonchev–Trinajstić information content (AvgIpc) is 3.03. The number of hydrogen-bond donors (Lipinski definition) is 1. The summed E-state index contributed by atoms with van der Waals surface area (Å²) in [6, 6.07) is 13.0. The van der Waals surface area contributed by atoms with Crippen LogP contribution in [-0.4, -0.2) is 48.5 Å². The number of ether oxygens (including phenoxy) is 3. The topological polar surface area (TPSA) is 94.2 Å². The van der Waals surface area contributed by atoms with E-state index in [-0.39, 0.29) is 36.5 Å². The third-order valence-electron chi connectivity index (χ3n) is 6.32. The molecular formula is C28H29FN2O6. The Morgan fingerprint density at radius 1 is 1.16 bits per heavy atom. The van der Waals surface area contributed by atoms with E-state index in [0.29, 0.717) is 24.4 Å². The minimum Gasteiger partial charge on any atom is -0.483 e. The van der Waals surface area contributed by atoms with Crippen molar-refractivity contribution in [3.05, 3.63) is 94.1 Å². The molecule has 0 radical (unpaired) electrons. The van der Waals surface area contributed by atoms with E-state index >= 15 is 0 Å². The average molecular weight is 509 g/mol. The molecular weight excluding hydrogens is 479 g/mol. The quantitative estimate of drug-likeness (QED) is 0.574. The van der Waals surface area contributed by atoms with Crippen LogP contribution in [0.4, 0.5) is 4.39 Å². The minimum absolute atomic E-state index is 0.00687. The van der Waals surface area contributed by atoms with Gasteiger partial charge in [0.1, 0.15) is 18.0 Å². The van der Waals surface area contributed by atoms with Gasteiger partial charge in [0.15, 0.2) is 5.76 Å². The molecule has 2 aromatic carbocycles. The second-order valence-corrected chi connectivity index (χ2v) is 9.17. The summed E-state index contributed by atoms with van der Waals surface area (Å²) in [5.41, 5.74) is 1.33. The Morgan fingerprint density at radius 2 is 1.92 bits per heavy atom. The number of carbonyl (C=O) groups excluding carboxylic acids is 3. The Kier molecular flexibility index (Phi) is 7.73. The zero-order valence-corrected chi connectivity index (χ0v) is 21.0. The van der Waals surface area contributed by atoms with Gasteiger partial charge in [0.05, 0.1) is 24.9 Å². The molecule has 0 saturated carbocycles. The smallest absolute Gasteiger partial charge is 0.338 e. The van der Waals surface area contributed by atoms with Crippen LogP contribution in [0.25, 0.3) is 0 Å².